The van der Waals surface area contributed by atoms with Crippen LogP contribution >= 0.6 is 0 Å². The van der Waals surface area contributed by atoms with E-state index in [9.17, 15) is 4.39 Å². The fraction of sp³-hybridized carbons (Fsp3) is 1.00. The van der Waals surface area contributed by atoms with Gasteiger partial charge in [-0.1, -0.05) is 6.92 Å². The molecule has 10 heavy (non-hydrogen) atoms. The average molecular weight is 148 g/mol. The molecule has 0 aromatic heterocycles. The highest BCUT2D eigenvalue weighted by Crippen LogP contribution is 1.89. The number of nitrogens with zero attached hydrogens (tertiary/aromatic N) is 1. The Bertz CT molecular complexity index is 54.4. The van der Waals surface area contributed by atoms with Crippen LogP contribution in [-0.2, 0) is 0 Å². The van der Waals surface area contributed by atoms with Crippen LogP contribution in [0.3, 0.4) is 0 Å². The third kappa shape index (κ3) is 4.70. The maximum absolute atomic E-state index is 11.8. The fourth-order valence-corrected chi connectivity index (χ4v) is 0.954. The van der Waals surface area contributed by atoms with E-state index in [1.54, 1.807) is 0 Å². The van der Waals surface area contributed by atoms with Crippen molar-refractivity contribution in [3.63, 3.8) is 0 Å². The van der Waals surface area contributed by atoms with Crippen LogP contribution in [0.4, 0.5) is 4.39 Å². The number of hydrogen-bond acceptors (Lipinski definition) is 2. The smallest absolute Gasteiger partial charge is 0.102 e. The van der Waals surface area contributed by atoms with Crippen LogP contribution in [0.2, 0.25) is 0 Å². The Balaban J connectivity index is 3.30. The second-order valence-corrected chi connectivity index (χ2v) is 2.32. The van der Waals surface area contributed by atoms with E-state index < -0.39 is 0 Å². The second-order valence-electron chi connectivity index (χ2n) is 2.32. The lowest BCUT2D eigenvalue weighted by Gasteiger charge is -2.18. The van der Waals surface area contributed by atoms with E-state index in [1.807, 2.05) is 4.90 Å². The molecule has 0 aromatic carbocycles. The fourth-order valence-electron chi connectivity index (χ4n) is 0.954. The third-order valence-corrected chi connectivity index (χ3v) is 1.39. The average Bonchev–Trinajstić information content (AvgIpc) is 1.90. The first-order valence-corrected chi connectivity index (χ1v) is 3.83. The van der Waals surface area contributed by atoms with E-state index in [-0.39, 0.29) is 6.67 Å². The Morgan fingerprint density at radius 1 is 1.30 bits per heavy atom. The van der Waals surface area contributed by atoms with Crippen LogP contribution in [0.1, 0.15) is 13.3 Å². The van der Waals surface area contributed by atoms with Gasteiger partial charge < -0.3 is 5.73 Å². The van der Waals surface area contributed by atoms with Crippen molar-refractivity contribution >= 4 is 0 Å². The van der Waals surface area contributed by atoms with Gasteiger partial charge in [0.25, 0.3) is 0 Å². The molecule has 0 bridgehead atoms. The lowest BCUT2D eigenvalue weighted by atomic mass is 10.4. The van der Waals surface area contributed by atoms with Crippen LogP contribution < -0.4 is 5.73 Å². The van der Waals surface area contributed by atoms with Crippen LogP contribution in [0, 0.1) is 0 Å². The summed E-state index contributed by atoms with van der Waals surface area (Å²) >= 11 is 0. The maximum Gasteiger partial charge on any atom is 0.102 e. The SMILES string of the molecule is CCCN(CCN)CCF. The lowest BCUT2D eigenvalue weighted by molar-refractivity contribution is 0.254. The van der Waals surface area contributed by atoms with Gasteiger partial charge in [-0.2, -0.15) is 0 Å². The minimum Gasteiger partial charge on any atom is -0.329 e. The van der Waals surface area contributed by atoms with Gasteiger partial charge in [-0.05, 0) is 13.0 Å². The van der Waals surface area contributed by atoms with E-state index in [1.165, 1.54) is 0 Å². The molecule has 0 heterocycles. The zero-order chi connectivity index (χ0) is 7.82. The Hall–Kier alpha value is -0.150. The van der Waals surface area contributed by atoms with E-state index in [4.69, 9.17) is 5.73 Å². The summed E-state index contributed by atoms with van der Waals surface area (Å²) in [5, 5.41) is 0. The number of halogens is 1. The molecule has 0 aliphatic rings. The van der Waals surface area contributed by atoms with Gasteiger partial charge in [0.2, 0.25) is 0 Å². The van der Waals surface area contributed by atoms with Gasteiger partial charge >= 0.3 is 0 Å². The molecule has 0 aliphatic carbocycles. The molecule has 2 nitrogen and oxygen atoms in total. The van der Waals surface area contributed by atoms with Gasteiger partial charge in [0.05, 0.1) is 0 Å². The number of nitrogens with two attached hydrogens (primary N) is 1. The monoisotopic (exact) mass is 148 g/mol. The zero-order valence-electron chi connectivity index (χ0n) is 6.65. The minimum atomic E-state index is -0.264. The molecule has 2 N–H and O–H groups in total. The largest absolute Gasteiger partial charge is 0.329 e. The summed E-state index contributed by atoms with van der Waals surface area (Å²) in [4.78, 5) is 2.04. The Morgan fingerprint density at radius 2 is 2.00 bits per heavy atom. The van der Waals surface area contributed by atoms with Crippen molar-refractivity contribution in [1.82, 2.24) is 4.90 Å². The van der Waals surface area contributed by atoms with Gasteiger partial charge in [0.1, 0.15) is 6.67 Å². The lowest BCUT2D eigenvalue weighted by Crippen LogP contribution is -2.31. The number of alkyl halides is 1. The molecule has 0 aromatic rings. The van der Waals surface area contributed by atoms with E-state index in [2.05, 4.69) is 6.92 Å². The summed E-state index contributed by atoms with van der Waals surface area (Å²) in [6.45, 7) is 4.76. The van der Waals surface area contributed by atoms with Crippen LogP contribution in [0.5, 0.6) is 0 Å². The predicted molar refractivity (Wildman–Crippen MR) is 41.8 cm³/mol. The molecule has 0 atom stereocenters. The van der Waals surface area contributed by atoms with Gasteiger partial charge in [0, 0.05) is 19.6 Å². The number of hydrogen-bond donors (Lipinski definition) is 1. The van der Waals surface area contributed by atoms with E-state index in [0.29, 0.717) is 13.1 Å². The zero-order valence-corrected chi connectivity index (χ0v) is 6.65. The predicted octanol–water partition coefficient (Wildman–Crippen LogP) is 0.627. The van der Waals surface area contributed by atoms with E-state index in [0.717, 1.165) is 19.5 Å². The topological polar surface area (TPSA) is 29.3 Å². The highest BCUT2D eigenvalue weighted by Gasteiger charge is 1.99. The molecule has 0 spiro atoms. The molecular formula is C7H17FN2. The summed E-state index contributed by atoms with van der Waals surface area (Å²) in [5.41, 5.74) is 5.33. The van der Waals surface area contributed by atoms with Gasteiger partial charge in [-0.3, -0.25) is 4.90 Å². The molecule has 0 radical (unpaired) electrons. The van der Waals surface area contributed by atoms with Gasteiger partial charge in [0.15, 0.2) is 0 Å². The summed E-state index contributed by atoms with van der Waals surface area (Å²) in [7, 11) is 0. The van der Waals surface area contributed by atoms with Crippen molar-refractivity contribution in [3.8, 4) is 0 Å². The Kier molecular flexibility index (Phi) is 6.86. The van der Waals surface area contributed by atoms with Crippen LogP contribution in [-0.4, -0.2) is 37.8 Å². The molecule has 0 saturated heterocycles. The van der Waals surface area contributed by atoms with Crippen LogP contribution in [0.15, 0.2) is 0 Å². The maximum atomic E-state index is 11.8. The minimum absolute atomic E-state index is 0.264. The molecule has 0 rings (SSSR count). The standard InChI is InChI=1S/C7H17FN2/c1-2-5-10(6-3-8)7-4-9/h2-7,9H2,1H3. The molecule has 62 valence electrons. The third-order valence-electron chi connectivity index (χ3n) is 1.39. The summed E-state index contributed by atoms with van der Waals surface area (Å²) in [5.74, 6) is 0. The van der Waals surface area contributed by atoms with Crippen molar-refractivity contribution in [2.75, 3.05) is 32.9 Å². The van der Waals surface area contributed by atoms with Gasteiger partial charge in [-0.15, -0.1) is 0 Å². The molecular weight excluding hydrogens is 131 g/mol. The number of rotatable bonds is 6. The molecule has 0 fully saturated rings. The second kappa shape index (κ2) is 6.96. The van der Waals surface area contributed by atoms with Crippen molar-refractivity contribution in [1.29, 1.82) is 0 Å². The molecule has 3 heteroatoms. The van der Waals surface area contributed by atoms with Crippen molar-refractivity contribution in [3.05, 3.63) is 0 Å². The Morgan fingerprint density at radius 3 is 2.40 bits per heavy atom. The van der Waals surface area contributed by atoms with Crippen molar-refractivity contribution in [2.24, 2.45) is 5.73 Å². The quantitative estimate of drug-likeness (QED) is 0.598. The molecule has 0 amide bonds. The molecule has 0 unspecified atom stereocenters. The normalized spacial score (nSPS) is 10.8. The summed E-state index contributed by atoms with van der Waals surface area (Å²) in [6.07, 6.45) is 1.07. The van der Waals surface area contributed by atoms with Gasteiger partial charge in [-0.25, -0.2) is 4.39 Å². The first kappa shape index (κ1) is 9.85. The first-order chi connectivity index (χ1) is 4.85. The van der Waals surface area contributed by atoms with Crippen molar-refractivity contribution < 1.29 is 4.39 Å². The highest BCUT2D eigenvalue weighted by atomic mass is 19.1. The summed E-state index contributed by atoms with van der Waals surface area (Å²) < 4.78 is 11.8. The van der Waals surface area contributed by atoms with Crippen molar-refractivity contribution in [2.45, 2.75) is 13.3 Å². The van der Waals surface area contributed by atoms with Crippen LogP contribution in [0.25, 0.3) is 0 Å². The first-order valence-electron chi connectivity index (χ1n) is 3.83. The Labute approximate surface area is 62.2 Å². The molecule has 0 saturated carbocycles. The summed E-state index contributed by atoms with van der Waals surface area (Å²) in [6, 6.07) is 0. The highest BCUT2D eigenvalue weighted by molar-refractivity contribution is 4.55. The molecule has 0 aliphatic heterocycles. The van der Waals surface area contributed by atoms with E-state index >= 15 is 0 Å².